The van der Waals surface area contributed by atoms with Crippen LogP contribution in [0.4, 0.5) is 13.2 Å². The van der Waals surface area contributed by atoms with E-state index in [2.05, 4.69) is 29.8 Å². The Labute approximate surface area is 204 Å². The maximum absolute atomic E-state index is 12.9. The zero-order valence-corrected chi connectivity index (χ0v) is 20.5. The number of esters is 1. The Kier molecular flexibility index (Phi) is 6.58. The molecule has 1 heterocycles. The molecule has 3 aromatic carbocycles. The summed E-state index contributed by atoms with van der Waals surface area (Å²) in [6, 6.07) is 18.6. The number of carbonyl (C=O) groups is 1. The van der Waals surface area contributed by atoms with Crippen molar-refractivity contribution >= 4 is 32.8 Å². The van der Waals surface area contributed by atoms with Gasteiger partial charge in [-0.05, 0) is 81.9 Å². The molecule has 0 aliphatic heterocycles. The third-order valence-electron chi connectivity index (χ3n) is 5.74. The fourth-order valence-corrected chi connectivity index (χ4v) is 4.60. The number of nitrogens with zero attached hydrogens (tertiary/aromatic N) is 1. The van der Waals surface area contributed by atoms with Crippen LogP contribution in [0.3, 0.4) is 0 Å². The van der Waals surface area contributed by atoms with Crippen molar-refractivity contribution < 1.29 is 22.7 Å². The van der Waals surface area contributed by atoms with E-state index in [1.165, 1.54) is 17.7 Å². The number of ether oxygens (including phenoxy) is 1. The molecule has 0 saturated heterocycles. The lowest BCUT2D eigenvalue weighted by atomic mass is 10.0. The molecule has 4 rings (SSSR count). The number of benzene rings is 3. The molecule has 0 fully saturated rings. The van der Waals surface area contributed by atoms with Gasteiger partial charge in [-0.1, -0.05) is 44.2 Å². The van der Waals surface area contributed by atoms with E-state index in [9.17, 15) is 18.0 Å². The molecule has 3 nitrogen and oxygen atoms in total. The lowest BCUT2D eigenvalue weighted by Crippen LogP contribution is -2.11. The molecule has 0 bridgehead atoms. The van der Waals surface area contributed by atoms with Crippen molar-refractivity contribution in [1.82, 2.24) is 4.57 Å². The highest BCUT2D eigenvalue weighted by Crippen LogP contribution is 2.38. The molecule has 0 amide bonds. The highest BCUT2D eigenvalue weighted by atomic mass is 79.9. The van der Waals surface area contributed by atoms with Gasteiger partial charge in [0, 0.05) is 11.1 Å². The van der Waals surface area contributed by atoms with E-state index in [1.807, 2.05) is 47.0 Å². The number of hydrogen-bond acceptors (Lipinski definition) is 2. The third kappa shape index (κ3) is 4.49. The van der Waals surface area contributed by atoms with E-state index in [1.54, 1.807) is 6.92 Å². The molecule has 0 saturated carbocycles. The Balaban J connectivity index is 1.88. The molecule has 0 aliphatic carbocycles. The topological polar surface area (TPSA) is 31.2 Å². The molecule has 0 aliphatic rings. The second kappa shape index (κ2) is 9.29. The molecule has 0 unspecified atom stereocenters. The molecule has 7 heteroatoms. The normalized spacial score (nSPS) is 11.9. The highest BCUT2D eigenvalue weighted by molar-refractivity contribution is 9.10. The standard InChI is InChI=1S/C27H23BrF3NO2/c1-4-34-26(33)25-24(28)22-15-19(18-5-10-20(11-6-18)27(29,30)31)9-14-23(22)32(25)21-12-7-17(8-13-21)16(2)3/h5-16H,4H2,1-3H3. The average Bonchev–Trinajstić information content (AvgIpc) is 3.10. The summed E-state index contributed by atoms with van der Waals surface area (Å²) in [7, 11) is 0. The summed E-state index contributed by atoms with van der Waals surface area (Å²) < 4.78 is 46.6. The van der Waals surface area contributed by atoms with Crippen molar-refractivity contribution in [3.05, 3.63) is 88.0 Å². The quantitative estimate of drug-likeness (QED) is 0.243. The van der Waals surface area contributed by atoms with Crippen LogP contribution in [0.1, 0.15) is 48.3 Å². The van der Waals surface area contributed by atoms with Crippen LogP contribution in [0.5, 0.6) is 0 Å². The summed E-state index contributed by atoms with van der Waals surface area (Å²) in [6.45, 7) is 6.21. The molecule has 0 spiro atoms. The monoisotopic (exact) mass is 529 g/mol. The molecule has 1 aromatic heterocycles. The molecule has 0 atom stereocenters. The van der Waals surface area contributed by atoms with Crippen molar-refractivity contribution in [2.24, 2.45) is 0 Å². The van der Waals surface area contributed by atoms with E-state index in [-0.39, 0.29) is 6.61 Å². The third-order valence-corrected chi connectivity index (χ3v) is 6.54. The maximum atomic E-state index is 12.9. The lowest BCUT2D eigenvalue weighted by Gasteiger charge is -2.13. The number of halogens is 4. The zero-order valence-electron chi connectivity index (χ0n) is 18.9. The summed E-state index contributed by atoms with van der Waals surface area (Å²) >= 11 is 3.58. The van der Waals surface area contributed by atoms with Gasteiger partial charge in [-0.25, -0.2) is 4.79 Å². The first-order valence-electron chi connectivity index (χ1n) is 10.9. The summed E-state index contributed by atoms with van der Waals surface area (Å²) in [4.78, 5) is 12.9. The Morgan fingerprint density at radius 1 is 0.971 bits per heavy atom. The van der Waals surface area contributed by atoms with Crippen molar-refractivity contribution in [2.75, 3.05) is 6.61 Å². The van der Waals surface area contributed by atoms with Crippen molar-refractivity contribution in [3.8, 4) is 16.8 Å². The summed E-state index contributed by atoms with van der Waals surface area (Å²) in [5.41, 5.74) is 3.82. The summed E-state index contributed by atoms with van der Waals surface area (Å²) in [6.07, 6.45) is -4.39. The molecular formula is C27H23BrF3NO2. The van der Waals surface area contributed by atoms with Gasteiger partial charge in [0.25, 0.3) is 0 Å². The van der Waals surface area contributed by atoms with E-state index >= 15 is 0 Å². The smallest absolute Gasteiger partial charge is 0.416 e. The predicted octanol–water partition coefficient (Wildman–Crippen LogP) is 8.38. The second-order valence-electron chi connectivity index (χ2n) is 8.27. The minimum absolute atomic E-state index is 0.232. The molecular weight excluding hydrogens is 507 g/mol. The number of carbonyl (C=O) groups excluding carboxylic acids is 1. The first-order valence-corrected chi connectivity index (χ1v) is 11.7. The van der Waals surface area contributed by atoms with E-state index in [4.69, 9.17) is 4.74 Å². The van der Waals surface area contributed by atoms with Crippen molar-refractivity contribution in [2.45, 2.75) is 32.9 Å². The van der Waals surface area contributed by atoms with Crippen molar-refractivity contribution in [3.63, 3.8) is 0 Å². The van der Waals surface area contributed by atoms with Gasteiger partial charge in [0.15, 0.2) is 0 Å². The number of aromatic nitrogens is 1. The minimum atomic E-state index is -4.39. The summed E-state index contributed by atoms with van der Waals surface area (Å²) in [5.74, 6) is -0.0902. The van der Waals surface area contributed by atoms with Gasteiger partial charge >= 0.3 is 12.1 Å². The van der Waals surface area contributed by atoms with Crippen LogP contribution in [-0.4, -0.2) is 17.1 Å². The summed E-state index contributed by atoms with van der Waals surface area (Å²) in [5, 5.41) is 0.758. The van der Waals surface area contributed by atoms with Gasteiger partial charge in [0.1, 0.15) is 5.69 Å². The number of alkyl halides is 3. The van der Waals surface area contributed by atoms with E-state index in [0.29, 0.717) is 21.6 Å². The second-order valence-corrected chi connectivity index (χ2v) is 9.06. The minimum Gasteiger partial charge on any atom is -0.461 e. The van der Waals surface area contributed by atoms with Crippen LogP contribution in [0.15, 0.2) is 71.2 Å². The Morgan fingerprint density at radius 2 is 1.59 bits per heavy atom. The Morgan fingerprint density at radius 3 is 2.15 bits per heavy atom. The molecule has 0 N–H and O–H groups in total. The van der Waals surface area contributed by atoms with Gasteiger partial charge in [-0.2, -0.15) is 13.2 Å². The SMILES string of the molecule is CCOC(=O)c1c(Br)c2cc(-c3ccc(C(F)(F)F)cc3)ccc2n1-c1ccc(C(C)C)cc1. The van der Waals surface area contributed by atoms with Gasteiger partial charge in [0.2, 0.25) is 0 Å². The largest absolute Gasteiger partial charge is 0.461 e. The number of hydrogen-bond donors (Lipinski definition) is 0. The highest BCUT2D eigenvalue weighted by Gasteiger charge is 2.30. The van der Waals surface area contributed by atoms with Crippen LogP contribution in [0, 0.1) is 0 Å². The van der Waals surface area contributed by atoms with Crippen LogP contribution in [0.2, 0.25) is 0 Å². The first-order chi connectivity index (χ1) is 16.1. The molecule has 34 heavy (non-hydrogen) atoms. The Hall–Kier alpha value is -3.06. The predicted molar refractivity (Wildman–Crippen MR) is 131 cm³/mol. The average molecular weight is 530 g/mol. The molecule has 4 aromatic rings. The van der Waals surface area contributed by atoms with Crippen LogP contribution in [0.25, 0.3) is 27.7 Å². The fourth-order valence-electron chi connectivity index (χ4n) is 3.94. The fraction of sp³-hybridized carbons (Fsp3) is 0.222. The Bertz CT molecular complexity index is 1340. The number of fused-ring (bicyclic) bond motifs is 1. The van der Waals surface area contributed by atoms with Gasteiger partial charge in [0.05, 0.1) is 22.2 Å². The van der Waals surface area contributed by atoms with Gasteiger partial charge < -0.3 is 9.30 Å². The van der Waals surface area contributed by atoms with Gasteiger partial charge in [-0.15, -0.1) is 0 Å². The maximum Gasteiger partial charge on any atom is 0.416 e. The van der Waals surface area contributed by atoms with Crippen LogP contribution >= 0.6 is 15.9 Å². The van der Waals surface area contributed by atoms with Crippen LogP contribution in [-0.2, 0) is 10.9 Å². The zero-order chi connectivity index (χ0) is 24.6. The van der Waals surface area contributed by atoms with E-state index < -0.39 is 17.7 Å². The van der Waals surface area contributed by atoms with Crippen molar-refractivity contribution in [1.29, 1.82) is 0 Å². The molecule has 176 valence electrons. The van der Waals surface area contributed by atoms with E-state index in [0.717, 1.165) is 34.3 Å². The number of rotatable bonds is 5. The van der Waals surface area contributed by atoms with Crippen LogP contribution < -0.4 is 0 Å². The van der Waals surface area contributed by atoms with Gasteiger partial charge in [-0.3, -0.25) is 0 Å². The first kappa shape index (κ1) is 24.1. The molecule has 0 radical (unpaired) electrons. The lowest BCUT2D eigenvalue weighted by molar-refractivity contribution is -0.137.